The van der Waals surface area contributed by atoms with Gasteiger partial charge >= 0.3 is 0 Å². The third kappa shape index (κ3) is 5.51. The van der Waals surface area contributed by atoms with Crippen LogP contribution < -0.4 is 19.5 Å². The highest BCUT2D eigenvalue weighted by atomic mass is 19.1. The Kier molecular flexibility index (Phi) is 7.36. The van der Waals surface area contributed by atoms with Gasteiger partial charge in [0, 0.05) is 22.1 Å². The number of methoxy groups -OCH3 is 1. The SMILES string of the molecule is COc1cc(C(=O)NC[C@](C)(O)c2cc3c(c(-c4ccc(F)cc4)n2)OCC3(C)C)ccc1OCCF. The summed E-state index contributed by atoms with van der Waals surface area (Å²) in [5, 5.41) is 14.1. The van der Waals surface area contributed by atoms with Crippen LogP contribution in [0, 0.1) is 5.82 Å². The lowest BCUT2D eigenvalue weighted by molar-refractivity contribution is 0.0489. The first-order valence-corrected chi connectivity index (χ1v) is 11.9. The Labute approximate surface area is 214 Å². The molecule has 2 heterocycles. The third-order valence-corrected chi connectivity index (χ3v) is 6.30. The topological polar surface area (TPSA) is 89.9 Å². The van der Waals surface area contributed by atoms with Gasteiger partial charge in [-0.3, -0.25) is 4.79 Å². The van der Waals surface area contributed by atoms with Crippen LogP contribution in [0.5, 0.6) is 17.2 Å². The van der Waals surface area contributed by atoms with Crippen molar-refractivity contribution in [3.63, 3.8) is 0 Å². The Morgan fingerprint density at radius 2 is 1.92 bits per heavy atom. The predicted molar refractivity (Wildman–Crippen MR) is 135 cm³/mol. The molecule has 1 aliphatic rings. The third-order valence-electron chi connectivity index (χ3n) is 6.30. The van der Waals surface area contributed by atoms with Crippen LogP contribution in [0.3, 0.4) is 0 Å². The molecule has 2 N–H and O–H groups in total. The van der Waals surface area contributed by atoms with Gasteiger partial charge in [-0.25, -0.2) is 13.8 Å². The van der Waals surface area contributed by atoms with Crippen LogP contribution in [0.2, 0.25) is 0 Å². The van der Waals surface area contributed by atoms with Crippen LogP contribution in [0.4, 0.5) is 8.78 Å². The summed E-state index contributed by atoms with van der Waals surface area (Å²) in [4.78, 5) is 17.6. The van der Waals surface area contributed by atoms with E-state index in [2.05, 4.69) is 10.3 Å². The van der Waals surface area contributed by atoms with Gasteiger partial charge < -0.3 is 24.6 Å². The summed E-state index contributed by atoms with van der Waals surface area (Å²) in [5.41, 5.74) is 0.783. The molecule has 2 aromatic carbocycles. The number of amides is 1. The number of hydrogen-bond donors (Lipinski definition) is 2. The fourth-order valence-corrected chi connectivity index (χ4v) is 4.11. The van der Waals surface area contributed by atoms with Crippen molar-refractivity contribution in [1.29, 1.82) is 0 Å². The molecule has 0 unspecified atom stereocenters. The Hall–Kier alpha value is -3.72. The summed E-state index contributed by atoms with van der Waals surface area (Å²) in [7, 11) is 1.42. The molecule has 0 saturated carbocycles. The minimum absolute atomic E-state index is 0.125. The number of benzene rings is 2. The number of alkyl halides is 1. The molecular weight excluding hydrogens is 482 g/mol. The zero-order valence-electron chi connectivity index (χ0n) is 21.2. The molecule has 196 valence electrons. The number of aromatic nitrogens is 1. The summed E-state index contributed by atoms with van der Waals surface area (Å²) in [6.07, 6.45) is 0. The minimum Gasteiger partial charge on any atom is -0.493 e. The molecule has 0 saturated heterocycles. The van der Waals surface area contributed by atoms with E-state index >= 15 is 0 Å². The van der Waals surface area contributed by atoms with Crippen LogP contribution in [-0.4, -0.2) is 49.5 Å². The molecule has 1 aliphatic heterocycles. The number of fused-ring (bicyclic) bond motifs is 1. The lowest BCUT2D eigenvalue weighted by Gasteiger charge is -2.26. The smallest absolute Gasteiger partial charge is 0.251 e. The lowest BCUT2D eigenvalue weighted by atomic mass is 9.84. The maximum Gasteiger partial charge on any atom is 0.251 e. The van der Waals surface area contributed by atoms with Gasteiger partial charge in [-0.05, 0) is 55.5 Å². The van der Waals surface area contributed by atoms with Crippen molar-refractivity contribution in [2.75, 3.05) is 33.5 Å². The fourth-order valence-electron chi connectivity index (χ4n) is 4.11. The number of nitrogens with one attached hydrogen (secondary N) is 1. The standard InChI is InChI=1S/C28H30F2N2O5/c1-27(2)16-37-25-20(27)14-23(32-24(25)17-5-8-19(30)9-6-17)28(3,34)15-31-26(33)18-7-10-21(36-12-11-29)22(13-18)35-4/h5-10,13-14,34H,11-12,15-16H2,1-4H3,(H,31,33)/t28-/m0/s1. The largest absolute Gasteiger partial charge is 0.493 e. The molecular formula is C28H30F2N2O5. The average molecular weight is 513 g/mol. The van der Waals surface area contributed by atoms with E-state index in [1.165, 1.54) is 37.4 Å². The number of halogens is 2. The van der Waals surface area contributed by atoms with E-state index in [4.69, 9.17) is 14.2 Å². The Morgan fingerprint density at radius 1 is 1.19 bits per heavy atom. The molecule has 1 amide bonds. The van der Waals surface area contributed by atoms with Gasteiger partial charge in [-0.2, -0.15) is 0 Å². The van der Waals surface area contributed by atoms with Crippen molar-refractivity contribution >= 4 is 5.91 Å². The van der Waals surface area contributed by atoms with Crippen LogP contribution in [-0.2, 0) is 11.0 Å². The molecule has 0 fully saturated rings. The molecule has 0 aliphatic carbocycles. The van der Waals surface area contributed by atoms with E-state index in [9.17, 15) is 18.7 Å². The highest BCUT2D eigenvalue weighted by molar-refractivity contribution is 5.95. The summed E-state index contributed by atoms with van der Waals surface area (Å²) in [6, 6.07) is 12.2. The first-order valence-electron chi connectivity index (χ1n) is 11.9. The van der Waals surface area contributed by atoms with Crippen LogP contribution in [0.25, 0.3) is 11.3 Å². The zero-order valence-corrected chi connectivity index (χ0v) is 21.2. The first-order chi connectivity index (χ1) is 17.6. The van der Waals surface area contributed by atoms with Crippen molar-refractivity contribution in [1.82, 2.24) is 10.3 Å². The maximum atomic E-state index is 13.5. The second-order valence-electron chi connectivity index (χ2n) is 9.77. The molecule has 4 rings (SSSR count). The normalized spacial score (nSPS) is 15.3. The number of aliphatic hydroxyl groups is 1. The maximum absolute atomic E-state index is 13.5. The monoisotopic (exact) mass is 512 g/mol. The number of rotatable bonds is 9. The van der Waals surface area contributed by atoms with Gasteiger partial charge in [-0.15, -0.1) is 0 Å². The molecule has 9 heteroatoms. The van der Waals surface area contributed by atoms with E-state index in [0.29, 0.717) is 40.8 Å². The first kappa shape index (κ1) is 26.3. The van der Waals surface area contributed by atoms with Crippen LogP contribution in [0.15, 0.2) is 48.5 Å². The number of hydrogen-bond acceptors (Lipinski definition) is 6. The quantitative estimate of drug-likeness (QED) is 0.437. The molecule has 37 heavy (non-hydrogen) atoms. The number of carbonyl (C=O) groups excluding carboxylic acids is 1. The number of carbonyl (C=O) groups is 1. The van der Waals surface area contributed by atoms with E-state index in [1.807, 2.05) is 13.8 Å². The van der Waals surface area contributed by atoms with Gasteiger partial charge in [0.05, 0.1) is 26.0 Å². The van der Waals surface area contributed by atoms with E-state index in [0.717, 1.165) is 5.56 Å². The molecule has 3 aromatic rings. The number of pyridine rings is 1. The summed E-state index contributed by atoms with van der Waals surface area (Å²) in [5.74, 6) is 0.399. The highest BCUT2D eigenvalue weighted by Crippen LogP contribution is 2.45. The summed E-state index contributed by atoms with van der Waals surface area (Å²) in [6.45, 7) is 5.15. The molecule has 0 spiro atoms. The van der Waals surface area contributed by atoms with Gasteiger partial charge in [-0.1, -0.05) is 13.8 Å². The van der Waals surface area contributed by atoms with E-state index in [-0.39, 0.29) is 29.9 Å². The summed E-state index contributed by atoms with van der Waals surface area (Å²) < 4.78 is 42.5. The second kappa shape index (κ2) is 10.3. The Morgan fingerprint density at radius 3 is 2.59 bits per heavy atom. The van der Waals surface area contributed by atoms with Gasteiger partial charge in [0.2, 0.25) is 0 Å². The number of nitrogens with zero attached hydrogens (tertiary/aromatic N) is 1. The zero-order chi connectivity index (χ0) is 26.8. The lowest BCUT2D eigenvalue weighted by Crippen LogP contribution is -2.39. The fraction of sp³-hybridized carbons (Fsp3) is 0.357. The second-order valence-corrected chi connectivity index (χ2v) is 9.77. The van der Waals surface area contributed by atoms with Crippen LogP contribution >= 0.6 is 0 Å². The predicted octanol–water partition coefficient (Wildman–Crippen LogP) is 4.55. The van der Waals surface area contributed by atoms with E-state index < -0.39 is 18.2 Å². The van der Waals surface area contributed by atoms with Crippen molar-refractivity contribution in [3.8, 4) is 28.5 Å². The van der Waals surface area contributed by atoms with Crippen molar-refractivity contribution in [2.24, 2.45) is 0 Å². The number of ether oxygens (including phenoxy) is 3. The molecule has 0 bridgehead atoms. The molecule has 7 nitrogen and oxygen atoms in total. The van der Waals surface area contributed by atoms with Gasteiger partial charge in [0.25, 0.3) is 5.91 Å². The molecule has 1 aromatic heterocycles. The van der Waals surface area contributed by atoms with Crippen molar-refractivity contribution in [2.45, 2.75) is 31.8 Å². The van der Waals surface area contributed by atoms with Gasteiger partial charge in [0.15, 0.2) is 11.5 Å². The van der Waals surface area contributed by atoms with Crippen molar-refractivity contribution < 1.29 is 32.9 Å². The minimum atomic E-state index is -1.54. The van der Waals surface area contributed by atoms with Crippen molar-refractivity contribution in [3.05, 3.63) is 71.2 Å². The van der Waals surface area contributed by atoms with E-state index in [1.54, 1.807) is 25.1 Å². The Balaban J connectivity index is 1.60. The highest BCUT2D eigenvalue weighted by Gasteiger charge is 2.38. The van der Waals surface area contributed by atoms with Gasteiger partial charge in [0.1, 0.15) is 36.1 Å². The molecule has 0 radical (unpaired) electrons. The average Bonchev–Trinajstić information content (AvgIpc) is 3.20. The summed E-state index contributed by atoms with van der Waals surface area (Å²) >= 11 is 0. The Bertz CT molecular complexity index is 1290. The van der Waals surface area contributed by atoms with Crippen LogP contribution in [0.1, 0.15) is 42.4 Å². The molecule has 1 atom stereocenters.